The maximum absolute atomic E-state index is 13.7. The van der Waals surface area contributed by atoms with Crippen molar-refractivity contribution in [1.29, 1.82) is 0 Å². The molecular formula is C13H13ClFNO3S. The molecule has 0 bridgehead atoms. The van der Waals surface area contributed by atoms with Gasteiger partial charge in [-0.2, -0.15) is 0 Å². The lowest BCUT2D eigenvalue weighted by Gasteiger charge is -2.14. The highest BCUT2D eigenvalue weighted by atomic mass is 35.7. The summed E-state index contributed by atoms with van der Waals surface area (Å²) in [5.41, 5.74) is -0.260. The number of halogens is 2. The molecule has 7 heteroatoms. The van der Waals surface area contributed by atoms with Gasteiger partial charge in [0.2, 0.25) is 0 Å². The monoisotopic (exact) mass is 317 g/mol. The first-order valence-corrected chi connectivity index (χ1v) is 8.09. The van der Waals surface area contributed by atoms with Gasteiger partial charge < -0.3 is 5.32 Å². The SMILES string of the molecule is C#CCC(CC)NC(=O)c1ccc(S(=O)(=O)Cl)cc1F. The highest BCUT2D eigenvalue weighted by Gasteiger charge is 2.18. The van der Waals surface area contributed by atoms with Crippen LogP contribution in [-0.4, -0.2) is 20.4 Å². The van der Waals surface area contributed by atoms with Crippen LogP contribution in [0.25, 0.3) is 0 Å². The van der Waals surface area contributed by atoms with Crippen LogP contribution >= 0.6 is 10.7 Å². The maximum atomic E-state index is 13.7. The molecule has 0 aliphatic heterocycles. The lowest BCUT2D eigenvalue weighted by atomic mass is 10.1. The van der Waals surface area contributed by atoms with Crippen LogP contribution in [0.15, 0.2) is 23.1 Å². The fraction of sp³-hybridized carbons (Fsp3) is 0.308. The molecule has 108 valence electrons. The van der Waals surface area contributed by atoms with Crippen molar-refractivity contribution in [1.82, 2.24) is 5.32 Å². The fourth-order valence-electron chi connectivity index (χ4n) is 1.53. The van der Waals surface area contributed by atoms with Gasteiger partial charge in [-0.15, -0.1) is 12.3 Å². The van der Waals surface area contributed by atoms with Gasteiger partial charge in [-0.05, 0) is 24.6 Å². The minimum atomic E-state index is -4.03. The molecule has 0 aliphatic carbocycles. The van der Waals surface area contributed by atoms with Crippen LogP contribution in [-0.2, 0) is 9.05 Å². The Morgan fingerprint density at radius 2 is 2.20 bits per heavy atom. The van der Waals surface area contributed by atoms with Crippen molar-refractivity contribution in [3.05, 3.63) is 29.6 Å². The van der Waals surface area contributed by atoms with E-state index in [9.17, 15) is 17.6 Å². The van der Waals surface area contributed by atoms with Crippen molar-refractivity contribution in [3.63, 3.8) is 0 Å². The number of amides is 1. The summed E-state index contributed by atoms with van der Waals surface area (Å²) in [4.78, 5) is 11.5. The van der Waals surface area contributed by atoms with Crippen molar-refractivity contribution in [2.24, 2.45) is 0 Å². The first kappa shape index (κ1) is 16.5. The van der Waals surface area contributed by atoms with E-state index in [1.54, 1.807) is 0 Å². The Labute approximate surface area is 121 Å². The lowest BCUT2D eigenvalue weighted by Crippen LogP contribution is -2.34. The van der Waals surface area contributed by atoms with E-state index in [0.717, 1.165) is 12.1 Å². The predicted molar refractivity (Wildman–Crippen MR) is 74.4 cm³/mol. The third-order valence-corrected chi connectivity index (χ3v) is 4.01. The van der Waals surface area contributed by atoms with Crippen LogP contribution < -0.4 is 5.32 Å². The van der Waals surface area contributed by atoms with Gasteiger partial charge >= 0.3 is 0 Å². The first-order valence-electron chi connectivity index (χ1n) is 5.78. The number of benzene rings is 1. The minimum Gasteiger partial charge on any atom is -0.348 e. The Morgan fingerprint density at radius 1 is 1.55 bits per heavy atom. The van der Waals surface area contributed by atoms with Crippen LogP contribution in [0.3, 0.4) is 0 Å². The van der Waals surface area contributed by atoms with Gasteiger partial charge in [0.1, 0.15) is 5.82 Å². The van der Waals surface area contributed by atoms with Gasteiger partial charge in [0.15, 0.2) is 0 Å². The second-order valence-electron chi connectivity index (χ2n) is 4.07. The lowest BCUT2D eigenvalue weighted by molar-refractivity contribution is 0.0932. The van der Waals surface area contributed by atoms with Gasteiger partial charge in [0.05, 0.1) is 10.5 Å². The molecule has 0 saturated carbocycles. The van der Waals surface area contributed by atoms with E-state index in [1.165, 1.54) is 0 Å². The molecule has 0 saturated heterocycles. The molecule has 0 fully saturated rings. The van der Waals surface area contributed by atoms with E-state index < -0.39 is 25.7 Å². The van der Waals surface area contributed by atoms with E-state index in [1.807, 2.05) is 6.92 Å². The Balaban J connectivity index is 2.98. The summed E-state index contributed by atoms with van der Waals surface area (Å²) in [7, 11) is 1.06. The van der Waals surface area contributed by atoms with Crippen LogP contribution in [0.5, 0.6) is 0 Å². The van der Waals surface area contributed by atoms with Gasteiger partial charge in [-0.3, -0.25) is 4.79 Å². The molecule has 1 N–H and O–H groups in total. The van der Waals surface area contributed by atoms with Crippen molar-refractivity contribution in [3.8, 4) is 12.3 Å². The molecule has 0 radical (unpaired) electrons. The molecular weight excluding hydrogens is 305 g/mol. The summed E-state index contributed by atoms with van der Waals surface area (Å²) in [6.07, 6.45) is 6.09. The normalized spacial score (nSPS) is 12.5. The highest BCUT2D eigenvalue weighted by molar-refractivity contribution is 8.13. The number of nitrogens with one attached hydrogen (secondary N) is 1. The molecule has 1 rings (SSSR count). The molecule has 0 aliphatic rings. The molecule has 0 heterocycles. The van der Waals surface area contributed by atoms with Gasteiger partial charge in [-0.25, -0.2) is 12.8 Å². The molecule has 20 heavy (non-hydrogen) atoms. The number of hydrogen-bond donors (Lipinski definition) is 1. The Hall–Kier alpha value is -1.58. The number of carbonyl (C=O) groups excluding carboxylic acids is 1. The zero-order chi connectivity index (χ0) is 15.3. The number of rotatable bonds is 5. The van der Waals surface area contributed by atoms with Crippen LogP contribution in [0.2, 0.25) is 0 Å². The summed E-state index contributed by atoms with van der Waals surface area (Å²) < 4.78 is 35.9. The Morgan fingerprint density at radius 3 is 2.65 bits per heavy atom. The summed E-state index contributed by atoms with van der Waals surface area (Å²) in [5.74, 6) is 0.806. The summed E-state index contributed by atoms with van der Waals surface area (Å²) in [6.45, 7) is 1.84. The zero-order valence-electron chi connectivity index (χ0n) is 10.7. The van der Waals surface area contributed by atoms with Crippen LogP contribution in [0.4, 0.5) is 4.39 Å². The minimum absolute atomic E-state index is 0.260. The van der Waals surface area contributed by atoms with Crippen molar-refractivity contribution in [2.45, 2.75) is 30.7 Å². The predicted octanol–water partition coefficient (Wildman–Crippen LogP) is 2.28. The molecule has 0 aromatic heterocycles. The van der Waals surface area contributed by atoms with E-state index in [4.69, 9.17) is 17.1 Å². The van der Waals surface area contributed by atoms with Crippen LogP contribution in [0.1, 0.15) is 30.1 Å². The standard InChI is InChI=1S/C13H13ClFNO3S/c1-3-5-9(4-2)16-13(17)11-7-6-10(8-12(11)15)20(14,18)19/h1,6-9H,4-5H2,2H3,(H,16,17). The van der Waals surface area contributed by atoms with Crippen LogP contribution in [0, 0.1) is 18.2 Å². The van der Waals surface area contributed by atoms with Gasteiger partial charge in [0.25, 0.3) is 15.0 Å². The molecule has 1 amide bonds. The molecule has 4 nitrogen and oxygen atoms in total. The molecule has 1 atom stereocenters. The molecule has 1 unspecified atom stereocenters. The Kier molecular flexibility index (Phi) is 5.54. The second kappa shape index (κ2) is 6.73. The van der Waals surface area contributed by atoms with E-state index in [2.05, 4.69) is 11.2 Å². The highest BCUT2D eigenvalue weighted by Crippen LogP contribution is 2.18. The molecule has 1 aromatic carbocycles. The largest absolute Gasteiger partial charge is 0.348 e. The van der Waals surface area contributed by atoms with Crippen molar-refractivity contribution in [2.75, 3.05) is 0 Å². The average molecular weight is 318 g/mol. The first-order chi connectivity index (χ1) is 9.29. The summed E-state index contributed by atoms with van der Waals surface area (Å²) >= 11 is 0. The Bertz CT molecular complexity index is 652. The van der Waals surface area contributed by atoms with E-state index >= 15 is 0 Å². The number of terminal acetylenes is 1. The summed E-state index contributed by atoms with van der Waals surface area (Å²) in [5, 5.41) is 2.58. The average Bonchev–Trinajstić information content (AvgIpc) is 2.36. The van der Waals surface area contributed by atoms with Crippen molar-refractivity contribution >= 4 is 25.6 Å². The van der Waals surface area contributed by atoms with Crippen molar-refractivity contribution < 1.29 is 17.6 Å². The van der Waals surface area contributed by atoms with E-state index in [0.29, 0.717) is 18.9 Å². The topological polar surface area (TPSA) is 63.2 Å². The summed E-state index contributed by atoms with van der Waals surface area (Å²) in [6, 6.07) is 2.59. The smallest absolute Gasteiger partial charge is 0.261 e. The van der Waals surface area contributed by atoms with Gasteiger partial charge in [0, 0.05) is 23.1 Å². The quantitative estimate of drug-likeness (QED) is 0.669. The third-order valence-electron chi connectivity index (χ3n) is 2.66. The fourth-order valence-corrected chi connectivity index (χ4v) is 2.30. The van der Waals surface area contributed by atoms with Gasteiger partial charge in [-0.1, -0.05) is 6.92 Å². The number of carbonyl (C=O) groups is 1. The third kappa shape index (κ3) is 4.22. The maximum Gasteiger partial charge on any atom is 0.261 e. The molecule has 1 aromatic rings. The molecule has 0 spiro atoms. The second-order valence-corrected chi connectivity index (χ2v) is 6.63. The van der Waals surface area contributed by atoms with E-state index in [-0.39, 0.29) is 11.6 Å². The zero-order valence-corrected chi connectivity index (χ0v) is 12.3. The number of hydrogen-bond acceptors (Lipinski definition) is 3.